The van der Waals surface area contributed by atoms with Crippen LogP contribution in [-0.2, 0) is 21.2 Å². The van der Waals surface area contributed by atoms with Crippen molar-refractivity contribution in [1.29, 1.82) is 0 Å². The fourth-order valence-electron chi connectivity index (χ4n) is 10.3. The van der Waals surface area contributed by atoms with Gasteiger partial charge < -0.3 is 29.6 Å². The number of H-pyrrole nitrogens is 1. The minimum Gasteiger partial charge on any atom is -0.471 e. The van der Waals surface area contributed by atoms with Crippen molar-refractivity contribution in [2.24, 2.45) is 5.41 Å². The molecule has 0 radical (unpaired) electrons. The number of nitrogens with one attached hydrogen (secondary N) is 3. The van der Waals surface area contributed by atoms with Gasteiger partial charge in [-0.25, -0.2) is 13.1 Å². The predicted molar refractivity (Wildman–Crippen MR) is 260 cm³/mol. The zero-order chi connectivity index (χ0) is 46.6. The topological polar surface area (TPSA) is 179 Å². The summed E-state index contributed by atoms with van der Waals surface area (Å²) in [5.74, 6) is -0.481. The number of carbonyl (C=O) groups is 1. The number of nitrogens with zero attached hydrogens (tertiary/aromatic N) is 6. The van der Waals surface area contributed by atoms with Gasteiger partial charge in [0.15, 0.2) is 0 Å². The van der Waals surface area contributed by atoms with E-state index < -0.39 is 20.9 Å². The normalized spacial score (nSPS) is 21.1. The van der Waals surface area contributed by atoms with Crippen molar-refractivity contribution in [3.8, 4) is 5.88 Å². The summed E-state index contributed by atoms with van der Waals surface area (Å²) in [5.41, 5.74) is 7.59. The number of pyridine rings is 1. The zero-order valence-electron chi connectivity index (χ0n) is 38.0. The number of halogens is 1. The van der Waals surface area contributed by atoms with Crippen LogP contribution < -0.4 is 24.6 Å². The highest BCUT2D eigenvalue weighted by Gasteiger charge is 2.36. The molecule has 2 saturated heterocycles. The lowest BCUT2D eigenvalue weighted by molar-refractivity contribution is -0.384. The van der Waals surface area contributed by atoms with E-state index in [-0.39, 0.29) is 33.7 Å². The van der Waals surface area contributed by atoms with Gasteiger partial charge >= 0.3 is 0 Å². The minimum atomic E-state index is -4.59. The summed E-state index contributed by atoms with van der Waals surface area (Å²) in [5, 5.41) is 17.2. The van der Waals surface area contributed by atoms with Crippen molar-refractivity contribution < 1.29 is 27.6 Å². The van der Waals surface area contributed by atoms with Crippen molar-refractivity contribution in [2.45, 2.75) is 63.5 Å². The molecule has 1 aliphatic carbocycles. The average molecular weight is 951 g/mol. The maximum absolute atomic E-state index is 14.5. The molecule has 352 valence electrons. The first-order valence-corrected chi connectivity index (χ1v) is 25.0. The number of aromatic amines is 1. The lowest BCUT2D eigenvalue weighted by atomic mass is 9.72. The van der Waals surface area contributed by atoms with Crippen LogP contribution in [0.4, 0.5) is 28.4 Å². The van der Waals surface area contributed by atoms with Crippen LogP contribution in [0, 0.1) is 15.5 Å². The third kappa shape index (κ3) is 9.44. The summed E-state index contributed by atoms with van der Waals surface area (Å²) in [7, 11) is -4.59. The van der Waals surface area contributed by atoms with Crippen LogP contribution in [-0.4, -0.2) is 123 Å². The number of nitro groups is 1. The van der Waals surface area contributed by atoms with Crippen molar-refractivity contribution in [3.05, 3.63) is 110 Å². The number of morpholine rings is 1. The van der Waals surface area contributed by atoms with Gasteiger partial charge in [-0.3, -0.25) is 24.7 Å². The van der Waals surface area contributed by atoms with Crippen LogP contribution in [0.15, 0.2) is 83.4 Å². The highest BCUT2D eigenvalue weighted by molar-refractivity contribution is 7.90. The SMILES string of the molecule is C[C@@H]1CN(c2cc(N3CCN(CC4=C(c5ccc(Cl)cc5)CC(C)(C)CC4)CC3)ccc2C(=O)NS(=O)(=O)c2cc3c(c([N+](=O)[O-])c2)N[C@@H](CN2CCOCC2)C3)c2cc3cc[nH]c3nc2O1. The molecular weight excluding hydrogens is 894 g/mol. The molecule has 10 rings (SSSR count). The van der Waals surface area contributed by atoms with Gasteiger partial charge in [-0.1, -0.05) is 43.2 Å². The molecule has 18 heteroatoms. The summed E-state index contributed by atoms with van der Waals surface area (Å²) < 4.78 is 42.4. The molecule has 1 amide bonds. The van der Waals surface area contributed by atoms with Gasteiger partial charge in [-0.2, -0.15) is 4.98 Å². The van der Waals surface area contributed by atoms with E-state index in [0.29, 0.717) is 66.9 Å². The molecule has 5 aromatic rings. The molecule has 2 fully saturated rings. The van der Waals surface area contributed by atoms with E-state index in [0.717, 1.165) is 87.2 Å². The molecule has 4 aliphatic heterocycles. The van der Waals surface area contributed by atoms with Crippen LogP contribution in [0.5, 0.6) is 5.88 Å². The van der Waals surface area contributed by atoms with E-state index in [9.17, 15) is 23.3 Å². The standard InChI is InChI=1S/C49H56ClN9O7S/c1-31-28-58(44-24-33-11-13-51-46(33)53-48(44)66-31)42-25-38(57-16-14-55(15-17-57)29-34-10-12-49(2,3)27-41(34)32-4-6-36(50)7-5-32)8-9-40(42)47(60)54-67(63,64)39-23-35-22-37(30-56-18-20-65-21-19-56)52-45(35)43(26-39)59(61)62/h4-9,11,13,23-26,31,37,52H,10,12,14-22,27-30H2,1-3H3,(H,51,53)(H,54,60)/t31-,37-/m1/s1. The molecular formula is C49H56ClN9O7S. The highest BCUT2D eigenvalue weighted by Crippen LogP contribution is 2.45. The Morgan fingerprint density at radius 2 is 1.76 bits per heavy atom. The lowest BCUT2D eigenvalue weighted by Crippen LogP contribution is -2.47. The van der Waals surface area contributed by atoms with Crippen molar-refractivity contribution in [1.82, 2.24) is 24.5 Å². The van der Waals surface area contributed by atoms with Crippen molar-refractivity contribution >= 4 is 72.6 Å². The summed E-state index contributed by atoms with van der Waals surface area (Å²) >= 11 is 6.28. The van der Waals surface area contributed by atoms with E-state index in [2.05, 4.69) is 55.7 Å². The molecule has 0 unspecified atom stereocenters. The number of sulfonamides is 1. The predicted octanol–water partition coefficient (Wildman–Crippen LogP) is 7.62. The van der Waals surface area contributed by atoms with E-state index in [1.807, 2.05) is 48.2 Å². The monoisotopic (exact) mass is 949 g/mol. The van der Waals surface area contributed by atoms with E-state index >= 15 is 0 Å². The first-order chi connectivity index (χ1) is 32.2. The molecule has 0 saturated carbocycles. The summed E-state index contributed by atoms with van der Waals surface area (Å²) in [4.78, 5) is 42.9. The van der Waals surface area contributed by atoms with Gasteiger partial charge in [0.2, 0.25) is 5.88 Å². The number of carbonyl (C=O) groups excluding carboxylic acids is 1. The fourth-order valence-corrected chi connectivity index (χ4v) is 11.5. The number of hydrogen-bond acceptors (Lipinski definition) is 13. The van der Waals surface area contributed by atoms with Gasteiger partial charge in [0.1, 0.15) is 23.1 Å². The number of allylic oxidation sites excluding steroid dienone is 1. The van der Waals surface area contributed by atoms with Crippen LogP contribution in [0.3, 0.4) is 0 Å². The van der Waals surface area contributed by atoms with Crippen molar-refractivity contribution in [3.63, 3.8) is 0 Å². The Labute approximate surface area is 395 Å². The second kappa shape index (κ2) is 18.1. The van der Waals surface area contributed by atoms with E-state index in [4.69, 9.17) is 26.1 Å². The van der Waals surface area contributed by atoms with Gasteiger partial charge in [-0.15, -0.1) is 0 Å². The second-order valence-electron chi connectivity index (χ2n) is 19.3. The van der Waals surface area contributed by atoms with Crippen molar-refractivity contribution in [2.75, 3.05) is 87.2 Å². The molecule has 6 heterocycles. The smallest absolute Gasteiger partial charge is 0.293 e. The first kappa shape index (κ1) is 45.1. The van der Waals surface area contributed by atoms with E-state index in [1.165, 1.54) is 22.8 Å². The molecule has 0 spiro atoms. The molecule has 3 N–H and O–H groups in total. The molecule has 2 atom stereocenters. The number of rotatable bonds is 11. The number of hydrogen-bond donors (Lipinski definition) is 3. The van der Waals surface area contributed by atoms with Gasteiger partial charge in [0.05, 0.1) is 40.8 Å². The Morgan fingerprint density at radius 1 is 0.985 bits per heavy atom. The molecule has 5 aliphatic rings. The number of nitro benzene ring substituents is 1. The van der Waals surface area contributed by atoms with Crippen LogP contribution >= 0.6 is 11.6 Å². The Hall–Kier alpha value is -5.72. The molecule has 3 aromatic carbocycles. The zero-order valence-corrected chi connectivity index (χ0v) is 39.6. The quantitative estimate of drug-likeness (QED) is 0.0871. The summed E-state index contributed by atoms with van der Waals surface area (Å²) in [6.45, 7) is 14.3. The van der Waals surface area contributed by atoms with Crippen LogP contribution in [0.2, 0.25) is 5.02 Å². The minimum absolute atomic E-state index is 0.116. The number of anilines is 4. The maximum Gasteiger partial charge on any atom is 0.293 e. The largest absolute Gasteiger partial charge is 0.471 e. The number of amides is 1. The number of benzene rings is 3. The van der Waals surface area contributed by atoms with Crippen LogP contribution in [0.25, 0.3) is 16.6 Å². The van der Waals surface area contributed by atoms with Gasteiger partial charge in [-0.05, 0) is 103 Å². The molecule has 67 heavy (non-hydrogen) atoms. The van der Waals surface area contributed by atoms with Crippen LogP contribution in [0.1, 0.15) is 61.5 Å². The molecule has 0 bridgehead atoms. The Bertz CT molecular complexity index is 2870. The number of ether oxygens (including phenoxy) is 2. The van der Waals surface area contributed by atoms with Gasteiger partial charge in [0, 0.05) is 86.8 Å². The Morgan fingerprint density at radius 3 is 2.52 bits per heavy atom. The third-order valence-corrected chi connectivity index (χ3v) is 15.4. The molecule has 16 nitrogen and oxygen atoms in total. The first-order valence-electron chi connectivity index (χ1n) is 23.1. The summed E-state index contributed by atoms with van der Waals surface area (Å²) in [6, 6.07) is 19.9. The summed E-state index contributed by atoms with van der Waals surface area (Å²) in [6.07, 6.45) is 5.07. The Balaban J connectivity index is 0.931. The number of piperazine rings is 1. The number of fused-ring (bicyclic) bond motifs is 3. The second-order valence-corrected chi connectivity index (χ2v) is 21.4. The maximum atomic E-state index is 14.5. The Kier molecular flexibility index (Phi) is 12.2. The fraction of sp³-hybridized carbons (Fsp3) is 0.429. The number of aromatic nitrogens is 2. The van der Waals surface area contributed by atoms with E-state index in [1.54, 1.807) is 12.3 Å². The average Bonchev–Trinajstić information content (AvgIpc) is 3.95. The lowest BCUT2D eigenvalue weighted by Gasteiger charge is -2.40. The van der Waals surface area contributed by atoms with Gasteiger partial charge in [0.25, 0.3) is 21.6 Å². The highest BCUT2D eigenvalue weighted by atomic mass is 35.5. The molecule has 2 aromatic heterocycles. The third-order valence-electron chi connectivity index (χ3n) is 13.9.